The molecular formula is C45H89NO4. The molecule has 298 valence electrons. The summed E-state index contributed by atoms with van der Waals surface area (Å²) in [5.41, 5.74) is 0. The van der Waals surface area contributed by atoms with E-state index in [4.69, 9.17) is 9.47 Å². The van der Waals surface area contributed by atoms with Gasteiger partial charge in [-0.3, -0.25) is 4.79 Å². The minimum atomic E-state index is -0.0335. The summed E-state index contributed by atoms with van der Waals surface area (Å²) in [6, 6.07) is 0. The van der Waals surface area contributed by atoms with Gasteiger partial charge in [0, 0.05) is 19.4 Å². The van der Waals surface area contributed by atoms with E-state index in [1.54, 1.807) is 0 Å². The third-order valence-electron chi connectivity index (χ3n) is 10.5. The van der Waals surface area contributed by atoms with E-state index in [1.807, 2.05) is 0 Å². The summed E-state index contributed by atoms with van der Waals surface area (Å²) >= 11 is 0. The molecule has 5 heteroatoms. The Morgan fingerprint density at radius 2 is 0.880 bits per heavy atom. The number of hydrogen-bond acceptors (Lipinski definition) is 5. The smallest absolute Gasteiger partial charge is 0.305 e. The first-order valence-electron chi connectivity index (χ1n) is 22.3. The van der Waals surface area contributed by atoms with Crippen LogP contribution in [0.3, 0.4) is 0 Å². The fourth-order valence-electron chi connectivity index (χ4n) is 7.09. The van der Waals surface area contributed by atoms with E-state index in [-0.39, 0.29) is 12.6 Å². The molecule has 0 fully saturated rings. The number of ether oxygens (including phenoxy) is 2. The Hall–Kier alpha value is -1.07. The van der Waals surface area contributed by atoms with Crippen molar-refractivity contribution in [2.24, 2.45) is 11.8 Å². The second-order valence-corrected chi connectivity index (χ2v) is 15.6. The first kappa shape index (κ1) is 48.9. The van der Waals surface area contributed by atoms with Gasteiger partial charge in [-0.05, 0) is 82.8 Å². The van der Waals surface area contributed by atoms with Crippen LogP contribution >= 0.6 is 0 Å². The van der Waals surface area contributed by atoms with E-state index in [0.29, 0.717) is 24.9 Å². The van der Waals surface area contributed by atoms with E-state index in [0.717, 1.165) is 64.1 Å². The minimum absolute atomic E-state index is 0.0335. The van der Waals surface area contributed by atoms with Crippen molar-refractivity contribution in [3.8, 4) is 0 Å². The summed E-state index contributed by atoms with van der Waals surface area (Å²) in [6.07, 6.45) is 36.4. The molecule has 0 aromatic heterocycles. The Morgan fingerprint density at radius 3 is 1.34 bits per heavy atom. The summed E-state index contributed by atoms with van der Waals surface area (Å²) < 4.78 is 12.1. The molecule has 1 N–H and O–H groups in total. The van der Waals surface area contributed by atoms with Crippen molar-refractivity contribution in [2.75, 3.05) is 39.5 Å². The summed E-state index contributed by atoms with van der Waals surface area (Å²) in [4.78, 5) is 15.2. The monoisotopic (exact) mass is 708 g/mol. The normalized spacial score (nSPS) is 12.8. The maximum atomic E-state index is 12.8. The maximum Gasteiger partial charge on any atom is 0.305 e. The molecule has 0 aromatic carbocycles. The summed E-state index contributed by atoms with van der Waals surface area (Å²) in [5.74, 6) is 2.06. The average Bonchev–Trinajstić information content (AvgIpc) is 3.11. The molecule has 0 saturated heterocycles. The Bertz CT molecular complexity index is 659. The van der Waals surface area contributed by atoms with Crippen LogP contribution < -0.4 is 0 Å². The standard InChI is InChI=1S/C45H89NO4/c1-6-10-14-18-20-24-33-43(31-22-16-12-8-3)40-49-42(5)30-28-37-46(36-26-27-39-47)38-29-35-45(48)50-41-44(32-23-17-13-9-4)34-25-21-19-15-11-7-2/h43-44,47H,5-41H2,1-4H3. The lowest BCUT2D eigenvalue weighted by Crippen LogP contribution is -2.28. The predicted octanol–water partition coefficient (Wildman–Crippen LogP) is 13.4. The van der Waals surface area contributed by atoms with Gasteiger partial charge < -0.3 is 19.5 Å². The van der Waals surface area contributed by atoms with Crippen LogP contribution in [-0.4, -0.2) is 55.4 Å². The first-order chi connectivity index (χ1) is 24.5. The number of unbranched alkanes of at least 4 members (excludes halogenated alkanes) is 17. The molecule has 0 spiro atoms. The van der Waals surface area contributed by atoms with Gasteiger partial charge in [0.2, 0.25) is 0 Å². The van der Waals surface area contributed by atoms with Crippen LogP contribution in [0.1, 0.15) is 220 Å². The van der Waals surface area contributed by atoms with Crippen LogP contribution in [0.2, 0.25) is 0 Å². The highest BCUT2D eigenvalue weighted by Crippen LogP contribution is 2.22. The molecule has 0 amide bonds. The van der Waals surface area contributed by atoms with E-state index in [9.17, 15) is 9.90 Å². The van der Waals surface area contributed by atoms with Crippen LogP contribution in [0.25, 0.3) is 0 Å². The van der Waals surface area contributed by atoms with Gasteiger partial charge in [-0.15, -0.1) is 0 Å². The lowest BCUT2D eigenvalue weighted by molar-refractivity contribution is -0.145. The zero-order chi connectivity index (χ0) is 36.8. The minimum Gasteiger partial charge on any atom is -0.498 e. The molecule has 0 radical (unpaired) electrons. The fourth-order valence-corrected chi connectivity index (χ4v) is 7.09. The maximum absolute atomic E-state index is 12.8. The van der Waals surface area contributed by atoms with Gasteiger partial charge >= 0.3 is 5.97 Å². The fraction of sp³-hybridized carbons (Fsp3) is 0.933. The molecule has 0 aliphatic heterocycles. The van der Waals surface area contributed by atoms with Gasteiger partial charge in [0.15, 0.2) is 0 Å². The summed E-state index contributed by atoms with van der Waals surface area (Å²) in [6.45, 7) is 17.9. The lowest BCUT2D eigenvalue weighted by atomic mass is 9.95. The highest BCUT2D eigenvalue weighted by molar-refractivity contribution is 5.69. The molecule has 2 atom stereocenters. The zero-order valence-corrected chi connectivity index (χ0v) is 34.4. The molecule has 0 heterocycles. The van der Waals surface area contributed by atoms with Crippen molar-refractivity contribution in [1.82, 2.24) is 4.90 Å². The van der Waals surface area contributed by atoms with Crippen LogP contribution in [0.15, 0.2) is 12.3 Å². The molecule has 0 bridgehead atoms. The van der Waals surface area contributed by atoms with Crippen LogP contribution in [0.5, 0.6) is 0 Å². The molecular weight excluding hydrogens is 618 g/mol. The third kappa shape index (κ3) is 34.0. The molecule has 5 nitrogen and oxygen atoms in total. The van der Waals surface area contributed by atoms with E-state index >= 15 is 0 Å². The van der Waals surface area contributed by atoms with Crippen molar-refractivity contribution in [1.29, 1.82) is 0 Å². The molecule has 2 unspecified atom stereocenters. The number of aliphatic hydroxyl groups excluding tert-OH is 1. The van der Waals surface area contributed by atoms with Gasteiger partial charge in [-0.2, -0.15) is 0 Å². The average molecular weight is 708 g/mol. The van der Waals surface area contributed by atoms with Crippen molar-refractivity contribution >= 4 is 5.97 Å². The SMILES string of the molecule is C=C(CCCN(CCCCO)CCCC(=O)OCC(CCCCCC)CCCCCCCC)OCC(CCCCCC)CCCCCCCC. The Labute approximate surface area is 313 Å². The largest absolute Gasteiger partial charge is 0.498 e. The highest BCUT2D eigenvalue weighted by Gasteiger charge is 2.14. The van der Waals surface area contributed by atoms with Gasteiger partial charge in [-0.25, -0.2) is 0 Å². The van der Waals surface area contributed by atoms with Gasteiger partial charge in [-0.1, -0.05) is 163 Å². The first-order valence-corrected chi connectivity index (χ1v) is 22.3. The Balaban J connectivity index is 4.60. The number of carbonyl (C=O) groups excluding carboxylic acids is 1. The Morgan fingerprint density at radius 1 is 0.500 bits per heavy atom. The van der Waals surface area contributed by atoms with Gasteiger partial charge in [0.05, 0.1) is 19.0 Å². The van der Waals surface area contributed by atoms with Crippen molar-refractivity contribution in [2.45, 2.75) is 220 Å². The highest BCUT2D eigenvalue weighted by atomic mass is 16.5. The topological polar surface area (TPSA) is 59.0 Å². The number of nitrogens with zero attached hydrogens (tertiary/aromatic N) is 1. The van der Waals surface area contributed by atoms with E-state index in [1.165, 1.54) is 154 Å². The zero-order valence-electron chi connectivity index (χ0n) is 34.4. The van der Waals surface area contributed by atoms with Gasteiger partial charge in [0.1, 0.15) is 0 Å². The van der Waals surface area contributed by atoms with Gasteiger partial charge in [0.25, 0.3) is 0 Å². The number of carbonyl (C=O) groups is 1. The van der Waals surface area contributed by atoms with Crippen molar-refractivity contribution < 1.29 is 19.4 Å². The molecule has 50 heavy (non-hydrogen) atoms. The number of esters is 1. The number of hydrogen-bond donors (Lipinski definition) is 1. The van der Waals surface area contributed by atoms with Crippen LogP contribution in [0, 0.1) is 11.8 Å². The van der Waals surface area contributed by atoms with E-state index in [2.05, 4.69) is 39.2 Å². The van der Waals surface area contributed by atoms with E-state index < -0.39 is 0 Å². The van der Waals surface area contributed by atoms with Crippen molar-refractivity contribution in [3.05, 3.63) is 12.3 Å². The lowest BCUT2D eigenvalue weighted by Gasteiger charge is -2.23. The Kier molecular flexibility index (Phi) is 38.3. The molecule has 0 rings (SSSR count). The summed E-state index contributed by atoms with van der Waals surface area (Å²) in [5, 5.41) is 9.34. The quantitative estimate of drug-likeness (QED) is 0.0389. The molecule has 0 aliphatic carbocycles. The third-order valence-corrected chi connectivity index (χ3v) is 10.5. The predicted molar refractivity (Wildman–Crippen MR) is 218 cm³/mol. The number of rotatable bonds is 41. The number of aliphatic hydroxyl groups is 1. The second-order valence-electron chi connectivity index (χ2n) is 15.6. The van der Waals surface area contributed by atoms with Crippen molar-refractivity contribution in [3.63, 3.8) is 0 Å². The van der Waals surface area contributed by atoms with Crippen LogP contribution in [-0.2, 0) is 14.3 Å². The number of allylic oxidation sites excluding steroid dienone is 1. The second kappa shape index (κ2) is 39.1. The van der Waals surface area contributed by atoms with Crippen LogP contribution in [0.4, 0.5) is 0 Å². The molecule has 0 aromatic rings. The molecule has 0 saturated carbocycles. The molecule has 0 aliphatic rings. The summed E-state index contributed by atoms with van der Waals surface area (Å²) in [7, 11) is 0.